The van der Waals surface area contributed by atoms with Crippen LogP contribution in [-0.4, -0.2) is 29.1 Å². The predicted octanol–water partition coefficient (Wildman–Crippen LogP) is 3.83. The number of aryl methyl sites for hydroxylation is 3. The van der Waals surface area contributed by atoms with Gasteiger partial charge in [-0.1, -0.05) is 12.5 Å². The van der Waals surface area contributed by atoms with Crippen LogP contribution in [0.4, 0.5) is 0 Å². The van der Waals surface area contributed by atoms with Crippen LogP contribution in [0.25, 0.3) is 10.2 Å². The summed E-state index contributed by atoms with van der Waals surface area (Å²) < 4.78 is 11.2. The average Bonchev–Trinajstić information content (AvgIpc) is 2.99. The molecule has 1 amide bonds. The van der Waals surface area contributed by atoms with E-state index in [0.717, 1.165) is 40.8 Å². The van der Waals surface area contributed by atoms with Crippen molar-refractivity contribution in [1.82, 2.24) is 15.3 Å². The first kappa shape index (κ1) is 21.0. The van der Waals surface area contributed by atoms with Crippen molar-refractivity contribution < 1.29 is 14.3 Å². The fourth-order valence-electron chi connectivity index (χ4n) is 4.46. The number of H-pyrrole nitrogens is 1. The quantitative estimate of drug-likeness (QED) is 0.573. The molecule has 0 radical (unpaired) electrons. The minimum atomic E-state index is -0.166. The van der Waals surface area contributed by atoms with E-state index in [-0.39, 0.29) is 23.9 Å². The summed E-state index contributed by atoms with van der Waals surface area (Å²) in [6.07, 6.45) is 6.16. The number of aromatic amines is 1. The summed E-state index contributed by atoms with van der Waals surface area (Å²) in [6.45, 7) is 3.02. The standard InChI is InChI=1S/C24H27N3O4S/c1-14(15-7-8-17-18(13-15)31-12-11-30-17)25-21(28)10-9-20-26-23(29)22-16-5-3-2-4-6-19(16)32-24(22)27-20/h7-8,13-14H,2-6,9-12H2,1H3,(H,25,28)(H,26,27,29)/t14-/m0/s1. The second-order valence-electron chi connectivity index (χ2n) is 8.45. The summed E-state index contributed by atoms with van der Waals surface area (Å²) >= 11 is 1.64. The summed E-state index contributed by atoms with van der Waals surface area (Å²) in [5.41, 5.74) is 2.07. The van der Waals surface area contributed by atoms with Crippen molar-refractivity contribution in [1.29, 1.82) is 0 Å². The molecule has 1 aliphatic carbocycles. The second-order valence-corrected chi connectivity index (χ2v) is 9.53. The molecule has 3 aromatic rings. The predicted molar refractivity (Wildman–Crippen MR) is 124 cm³/mol. The van der Waals surface area contributed by atoms with Gasteiger partial charge in [-0.05, 0) is 55.9 Å². The van der Waals surface area contributed by atoms with Crippen LogP contribution in [-0.2, 0) is 24.1 Å². The molecule has 0 bridgehead atoms. The molecule has 0 fully saturated rings. The lowest BCUT2D eigenvalue weighted by atomic mass is 10.1. The number of aromatic nitrogens is 2. The fraction of sp³-hybridized carbons (Fsp3) is 0.458. The molecule has 2 aromatic heterocycles. The summed E-state index contributed by atoms with van der Waals surface area (Å²) in [5.74, 6) is 1.92. The molecule has 1 aromatic carbocycles. The van der Waals surface area contributed by atoms with Crippen LogP contribution in [0, 0.1) is 0 Å². The lowest BCUT2D eigenvalue weighted by molar-refractivity contribution is -0.121. The Morgan fingerprint density at radius 3 is 2.88 bits per heavy atom. The van der Waals surface area contributed by atoms with Gasteiger partial charge in [-0.25, -0.2) is 4.98 Å². The molecule has 7 nitrogen and oxygen atoms in total. The van der Waals surface area contributed by atoms with Gasteiger partial charge >= 0.3 is 0 Å². The number of amides is 1. The number of ether oxygens (including phenoxy) is 2. The fourth-order valence-corrected chi connectivity index (χ4v) is 5.74. The van der Waals surface area contributed by atoms with Crippen molar-refractivity contribution in [2.24, 2.45) is 0 Å². The Balaban J connectivity index is 1.24. The number of hydrogen-bond donors (Lipinski definition) is 2. The number of benzene rings is 1. The molecular formula is C24H27N3O4S. The second kappa shape index (κ2) is 8.94. The number of fused-ring (bicyclic) bond motifs is 4. The zero-order valence-electron chi connectivity index (χ0n) is 18.2. The van der Waals surface area contributed by atoms with E-state index in [1.807, 2.05) is 25.1 Å². The van der Waals surface area contributed by atoms with Crippen LogP contribution in [0.15, 0.2) is 23.0 Å². The first-order chi connectivity index (χ1) is 15.6. The van der Waals surface area contributed by atoms with E-state index in [4.69, 9.17) is 9.47 Å². The summed E-state index contributed by atoms with van der Waals surface area (Å²) in [6, 6.07) is 5.55. The molecular weight excluding hydrogens is 426 g/mol. The number of carbonyl (C=O) groups excluding carboxylic acids is 1. The Bertz CT molecular complexity index is 1220. The molecule has 1 aliphatic heterocycles. The van der Waals surface area contributed by atoms with Crippen molar-refractivity contribution in [3.05, 3.63) is 50.4 Å². The Morgan fingerprint density at radius 2 is 2.00 bits per heavy atom. The minimum Gasteiger partial charge on any atom is -0.486 e. The third-order valence-corrected chi connectivity index (χ3v) is 7.34. The van der Waals surface area contributed by atoms with Crippen molar-refractivity contribution in [3.63, 3.8) is 0 Å². The largest absolute Gasteiger partial charge is 0.486 e. The first-order valence-electron chi connectivity index (χ1n) is 11.3. The number of nitrogens with zero attached hydrogens (tertiary/aromatic N) is 1. The van der Waals surface area contributed by atoms with Crippen LogP contribution in [0.1, 0.15) is 60.5 Å². The highest BCUT2D eigenvalue weighted by Crippen LogP contribution is 2.33. The maximum absolute atomic E-state index is 12.8. The van der Waals surface area contributed by atoms with Gasteiger partial charge in [-0.3, -0.25) is 9.59 Å². The highest BCUT2D eigenvalue weighted by atomic mass is 32.1. The Hall–Kier alpha value is -2.87. The maximum atomic E-state index is 12.8. The third-order valence-electron chi connectivity index (χ3n) is 6.16. The van der Waals surface area contributed by atoms with Gasteiger partial charge in [0.05, 0.1) is 11.4 Å². The van der Waals surface area contributed by atoms with Crippen LogP contribution < -0.4 is 20.3 Å². The zero-order valence-corrected chi connectivity index (χ0v) is 19.0. The monoisotopic (exact) mass is 453 g/mol. The van der Waals surface area contributed by atoms with E-state index in [2.05, 4.69) is 15.3 Å². The van der Waals surface area contributed by atoms with E-state index >= 15 is 0 Å². The number of nitrogens with one attached hydrogen (secondary N) is 2. The zero-order chi connectivity index (χ0) is 22.1. The summed E-state index contributed by atoms with van der Waals surface area (Å²) in [5, 5.41) is 3.78. The lowest BCUT2D eigenvalue weighted by Gasteiger charge is -2.21. The highest BCUT2D eigenvalue weighted by Gasteiger charge is 2.20. The summed E-state index contributed by atoms with van der Waals surface area (Å²) in [7, 11) is 0. The van der Waals surface area contributed by atoms with Crippen LogP contribution in [0.5, 0.6) is 11.5 Å². The van der Waals surface area contributed by atoms with Crippen LogP contribution in [0.2, 0.25) is 0 Å². The number of carbonyl (C=O) groups is 1. The molecule has 1 atom stereocenters. The maximum Gasteiger partial charge on any atom is 0.259 e. The minimum absolute atomic E-state index is 0.0746. The molecule has 0 saturated carbocycles. The molecule has 32 heavy (non-hydrogen) atoms. The molecule has 168 valence electrons. The average molecular weight is 454 g/mol. The summed E-state index contributed by atoms with van der Waals surface area (Å²) in [4.78, 5) is 35.0. The highest BCUT2D eigenvalue weighted by molar-refractivity contribution is 7.18. The van der Waals surface area contributed by atoms with Crippen LogP contribution >= 0.6 is 11.3 Å². The van der Waals surface area contributed by atoms with E-state index in [9.17, 15) is 9.59 Å². The Morgan fingerprint density at radius 1 is 1.19 bits per heavy atom. The molecule has 5 rings (SSSR count). The Kier molecular flexibility index (Phi) is 5.87. The lowest BCUT2D eigenvalue weighted by Crippen LogP contribution is -2.27. The molecule has 8 heteroatoms. The third kappa shape index (κ3) is 4.24. The van der Waals surface area contributed by atoms with Gasteiger partial charge in [0.15, 0.2) is 11.5 Å². The van der Waals surface area contributed by atoms with E-state index in [1.54, 1.807) is 11.3 Å². The molecule has 2 N–H and O–H groups in total. The smallest absolute Gasteiger partial charge is 0.259 e. The van der Waals surface area contributed by atoms with Crippen molar-refractivity contribution in [2.45, 2.75) is 57.9 Å². The van der Waals surface area contributed by atoms with Crippen molar-refractivity contribution >= 4 is 27.5 Å². The number of rotatable bonds is 5. The van der Waals surface area contributed by atoms with Gasteiger partial charge in [0.25, 0.3) is 5.56 Å². The number of hydrogen-bond acceptors (Lipinski definition) is 6. The normalized spacial score (nSPS) is 16.3. The molecule has 3 heterocycles. The van der Waals surface area contributed by atoms with Gasteiger partial charge < -0.3 is 19.8 Å². The van der Waals surface area contributed by atoms with Crippen molar-refractivity contribution in [2.75, 3.05) is 13.2 Å². The first-order valence-corrected chi connectivity index (χ1v) is 12.1. The topological polar surface area (TPSA) is 93.3 Å². The van der Waals surface area contributed by atoms with Gasteiger partial charge in [0, 0.05) is 17.7 Å². The molecule has 0 unspecified atom stereocenters. The van der Waals surface area contributed by atoms with Gasteiger partial charge in [-0.15, -0.1) is 11.3 Å². The van der Waals surface area contributed by atoms with Gasteiger partial charge in [0.1, 0.15) is 23.9 Å². The molecule has 0 saturated heterocycles. The van der Waals surface area contributed by atoms with E-state index < -0.39 is 0 Å². The Labute approximate surface area is 190 Å². The van der Waals surface area contributed by atoms with E-state index in [1.165, 1.54) is 23.3 Å². The molecule has 0 spiro atoms. The van der Waals surface area contributed by atoms with Gasteiger partial charge in [-0.2, -0.15) is 0 Å². The van der Waals surface area contributed by atoms with Crippen molar-refractivity contribution in [3.8, 4) is 11.5 Å². The van der Waals surface area contributed by atoms with Gasteiger partial charge in [0.2, 0.25) is 5.91 Å². The van der Waals surface area contributed by atoms with Crippen LogP contribution in [0.3, 0.4) is 0 Å². The van der Waals surface area contributed by atoms with E-state index in [0.29, 0.717) is 31.2 Å². The number of thiophene rings is 1. The molecule has 2 aliphatic rings. The SMILES string of the molecule is C[C@H](NC(=O)CCc1nc2sc3c(c2c(=O)[nH]1)CCCCC3)c1ccc2c(c1)OCCO2.